The highest BCUT2D eigenvalue weighted by molar-refractivity contribution is 6.30. The largest absolute Gasteiger partial charge is 0.497 e. The molecule has 8 heteroatoms. The van der Waals surface area contributed by atoms with Crippen molar-refractivity contribution in [2.75, 3.05) is 37.0 Å². The lowest BCUT2D eigenvalue weighted by atomic mass is 10.1. The van der Waals surface area contributed by atoms with Gasteiger partial charge >= 0.3 is 12.1 Å². The van der Waals surface area contributed by atoms with Crippen LogP contribution in [-0.2, 0) is 6.54 Å². The van der Waals surface area contributed by atoms with Gasteiger partial charge in [-0.05, 0) is 43.2 Å². The molecule has 0 spiro atoms. The van der Waals surface area contributed by atoms with E-state index in [9.17, 15) is 9.59 Å². The van der Waals surface area contributed by atoms with E-state index < -0.39 is 0 Å². The monoisotopic (exact) mass is 416 g/mol. The Hall–Kier alpha value is -2.93. The topological polar surface area (TPSA) is 73.9 Å². The highest BCUT2D eigenvalue weighted by Gasteiger charge is 2.29. The summed E-state index contributed by atoms with van der Waals surface area (Å²) in [6.45, 7) is 4.05. The highest BCUT2D eigenvalue weighted by Crippen LogP contribution is 2.32. The minimum Gasteiger partial charge on any atom is -0.497 e. The van der Waals surface area contributed by atoms with Crippen molar-refractivity contribution >= 4 is 35.0 Å². The van der Waals surface area contributed by atoms with Gasteiger partial charge in [0.15, 0.2) is 0 Å². The standard InChI is InChI=1S/C21H25ClN4O3/c1-3-23-20(27)24-18-13-17(29-2)8-9-19(18)26-11-5-10-25(21(26)28)14-15-6-4-7-16(22)12-15/h4,6-9,12-13H,3,5,10-11,14H2,1-2H3,(H2,23,24,27). The molecule has 4 amide bonds. The second-order valence-corrected chi connectivity index (χ2v) is 7.14. The minimum absolute atomic E-state index is 0.111. The number of hydrogen-bond donors (Lipinski definition) is 2. The predicted octanol–water partition coefficient (Wildman–Crippen LogP) is 4.32. The van der Waals surface area contributed by atoms with E-state index in [0.717, 1.165) is 12.0 Å². The van der Waals surface area contributed by atoms with Crippen LogP contribution in [0, 0.1) is 0 Å². The van der Waals surface area contributed by atoms with Gasteiger partial charge in [-0.3, -0.25) is 4.90 Å². The van der Waals surface area contributed by atoms with Crippen molar-refractivity contribution in [3.8, 4) is 5.75 Å². The quantitative estimate of drug-likeness (QED) is 0.736. The molecule has 29 heavy (non-hydrogen) atoms. The maximum Gasteiger partial charge on any atom is 0.324 e. The number of halogens is 1. The molecule has 2 aromatic carbocycles. The van der Waals surface area contributed by atoms with Crippen molar-refractivity contribution in [2.45, 2.75) is 19.9 Å². The van der Waals surface area contributed by atoms with Gasteiger partial charge in [-0.15, -0.1) is 0 Å². The summed E-state index contributed by atoms with van der Waals surface area (Å²) in [6, 6.07) is 12.4. The van der Waals surface area contributed by atoms with Crippen molar-refractivity contribution in [3.63, 3.8) is 0 Å². The number of amides is 4. The number of anilines is 2. The molecule has 1 saturated heterocycles. The van der Waals surface area contributed by atoms with Crippen LogP contribution in [0.15, 0.2) is 42.5 Å². The fourth-order valence-corrected chi connectivity index (χ4v) is 3.53. The van der Waals surface area contributed by atoms with E-state index in [4.69, 9.17) is 16.3 Å². The number of nitrogens with one attached hydrogen (secondary N) is 2. The molecule has 0 bridgehead atoms. The molecule has 2 N–H and O–H groups in total. The maximum absolute atomic E-state index is 13.2. The average molecular weight is 417 g/mol. The molecule has 0 unspecified atom stereocenters. The molecule has 0 saturated carbocycles. The molecule has 7 nitrogen and oxygen atoms in total. The van der Waals surface area contributed by atoms with E-state index in [-0.39, 0.29) is 12.1 Å². The minimum atomic E-state index is -0.331. The molecule has 0 aromatic heterocycles. The van der Waals surface area contributed by atoms with Crippen LogP contribution in [0.1, 0.15) is 18.9 Å². The van der Waals surface area contributed by atoms with Crippen molar-refractivity contribution in [2.24, 2.45) is 0 Å². The van der Waals surface area contributed by atoms with E-state index in [1.165, 1.54) is 0 Å². The third-order valence-electron chi connectivity index (χ3n) is 4.65. The summed E-state index contributed by atoms with van der Waals surface area (Å²) in [5, 5.41) is 6.16. The molecule has 0 atom stereocenters. The second kappa shape index (κ2) is 9.52. The molecular formula is C21H25ClN4O3. The Labute approximate surface area is 175 Å². The summed E-state index contributed by atoms with van der Waals surface area (Å²) in [7, 11) is 1.56. The first kappa shape index (κ1) is 20.8. The molecule has 3 rings (SSSR count). The molecular weight excluding hydrogens is 392 g/mol. The van der Waals surface area contributed by atoms with Gasteiger partial charge in [0.2, 0.25) is 0 Å². The maximum atomic E-state index is 13.2. The highest BCUT2D eigenvalue weighted by atomic mass is 35.5. The Morgan fingerprint density at radius 2 is 2.03 bits per heavy atom. The number of ether oxygens (including phenoxy) is 1. The Morgan fingerprint density at radius 1 is 1.21 bits per heavy atom. The van der Waals surface area contributed by atoms with Gasteiger partial charge < -0.3 is 20.3 Å². The van der Waals surface area contributed by atoms with Gasteiger partial charge in [0.1, 0.15) is 5.75 Å². The summed E-state index contributed by atoms with van der Waals surface area (Å²) in [5.41, 5.74) is 2.13. The zero-order valence-electron chi connectivity index (χ0n) is 16.6. The van der Waals surface area contributed by atoms with Gasteiger partial charge in [-0.1, -0.05) is 23.7 Å². The summed E-state index contributed by atoms with van der Waals surface area (Å²) >= 11 is 6.08. The molecule has 1 aliphatic heterocycles. The van der Waals surface area contributed by atoms with Gasteiger partial charge in [0.05, 0.1) is 18.5 Å². The third kappa shape index (κ3) is 5.12. The van der Waals surface area contributed by atoms with Crippen LogP contribution in [0.4, 0.5) is 21.0 Å². The second-order valence-electron chi connectivity index (χ2n) is 6.71. The number of hydrogen-bond acceptors (Lipinski definition) is 3. The van der Waals surface area contributed by atoms with Gasteiger partial charge in [0.25, 0.3) is 0 Å². The smallest absolute Gasteiger partial charge is 0.324 e. The van der Waals surface area contributed by atoms with E-state index in [1.54, 1.807) is 35.1 Å². The van der Waals surface area contributed by atoms with Crippen LogP contribution < -0.4 is 20.3 Å². The fourth-order valence-electron chi connectivity index (χ4n) is 3.31. The number of urea groups is 2. The van der Waals surface area contributed by atoms with E-state index >= 15 is 0 Å². The van der Waals surface area contributed by atoms with Gasteiger partial charge in [-0.2, -0.15) is 0 Å². The van der Waals surface area contributed by atoms with Crippen LogP contribution in [0.5, 0.6) is 5.75 Å². The molecule has 1 fully saturated rings. The average Bonchev–Trinajstić information content (AvgIpc) is 2.70. The van der Waals surface area contributed by atoms with Crippen molar-refractivity contribution in [1.29, 1.82) is 0 Å². The lowest BCUT2D eigenvalue weighted by Gasteiger charge is -2.36. The number of nitrogens with zero attached hydrogens (tertiary/aromatic N) is 2. The zero-order valence-corrected chi connectivity index (χ0v) is 17.3. The normalized spacial score (nSPS) is 14.0. The first-order valence-electron chi connectivity index (χ1n) is 9.55. The lowest BCUT2D eigenvalue weighted by molar-refractivity contribution is 0.192. The summed E-state index contributed by atoms with van der Waals surface area (Å²) < 4.78 is 5.28. The number of methoxy groups -OCH3 is 1. The van der Waals surface area contributed by atoms with Crippen LogP contribution in [0.2, 0.25) is 5.02 Å². The first-order valence-corrected chi connectivity index (χ1v) is 9.93. The predicted molar refractivity (Wildman–Crippen MR) is 115 cm³/mol. The Kier molecular flexibility index (Phi) is 6.82. The Bertz CT molecular complexity index is 890. The van der Waals surface area contributed by atoms with E-state index in [0.29, 0.717) is 48.3 Å². The van der Waals surface area contributed by atoms with Gasteiger partial charge in [0, 0.05) is 37.3 Å². The zero-order chi connectivity index (χ0) is 20.8. The fraction of sp³-hybridized carbons (Fsp3) is 0.333. The Balaban J connectivity index is 1.84. The number of rotatable bonds is 6. The van der Waals surface area contributed by atoms with Gasteiger partial charge in [-0.25, -0.2) is 9.59 Å². The van der Waals surface area contributed by atoms with Crippen molar-refractivity contribution in [3.05, 3.63) is 53.1 Å². The molecule has 0 radical (unpaired) electrons. The molecule has 0 aliphatic carbocycles. The number of carbonyl (C=O) groups is 2. The van der Waals surface area contributed by atoms with Crippen LogP contribution in [-0.4, -0.2) is 43.7 Å². The Morgan fingerprint density at radius 3 is 2.76 bits per heavy atom. The first-order chi connectivity index (χ1) is 14.0. The number of benzene rings is 2. The molecule has 1 aliphatic rings. The SMILES string of the molecule is CCNC(=O)Nc1cc(OC)ccc1N1CCCN(Cc2cccc(Cl)c2)C1=O. The van der Waals surface area contributed by atoms with E-state index in [1.807, 2.05) is 31.2 Å². The summed E-state index contributed by atoms with van der Waals surface area (Å²) in [4.78, 5) is 28.7. The van der Waals surface area contributed by atoms with E-state index in [2.05, 4.69) is 10.6 Å². The molecule has 1 heterocycles. The van der Waals surface area contributed by atoms with Crippen molar-refractivity contribution < 1.29 is 14.3 Å². The van der Waals surface area contributed by atoms with Crippen LogP contribution in [0.3, 0.4) is 0 Å². The molecule has 154 valence electrons. The van der Waals surface area contributed by atoms with Crippen molar-refractivity contribution in [1.82, 2.24) is 10.2 Å². The van der Waals surface area contributed by atoms with Crippen LogP contribution >= 0.6 is 11.6 Å². The summed E-state index contributed by atoms with van der Waals surface area (Å²) in [6.07, 6.45) is 0.818. The number of carbonyl (C=O) groups excluding carboxylic acids is 2. The lowest BCUT2D eigenvalue weighted by Crippen LogP contribution is -2.49. The van der Waals surface area contributed by atoms with Crippen LogP contribution in [0.25, 0.3) is 0 Å². The molecule has 2 aromatic rings. The summed E-state index contributed by atoms with van der Waals surface area (Å²) in [5.74, 6) is 0.598. The third-order valence-corrected chi connectivity index (χ3v) is 4.89.